The fraction of sp³-hybridized carbons (Fsp3) is 0.0141. The van der Waals surface area contributed by atoms with Crippen molar-refractivity contribution >= 4 is 81.1 Å². The highest BCUT2D eigenvalue weighted by molar-refractivity contribution is 7.27. The van der Waals surface area contributed by atoms with Gasteiger partial charge in [0.1, 0.15) is 0 Å². The Balaban J connectivity index is 1.02. The Kier molecular flexibility index (Phi) is 9.70. The third-order valence-corrected chi connectivity index (χ3v) is 16.8. The molecular weight excluding hydrogens is 913 g/mol. The molecule has 1 aliphatic carbocycles. The van der Waals surface area contributed by atoms with E-state index in [0.29, 0.717) is 0 Å². The van der Waals surface area contributed by atoms with Crippen molar-refractivity contribution < 1.29 is 0 Å². The lowest BCUT2D eigenvalue weighted by Crippen LogP contribution is -2.28. The number of hydrogen-bond acceptors (Lipinski definition) is 2. The van der Waals surface area contributed by atoms with Gasteiger partial charge in [-0.25, -0.2) is 0 Å². The summed E-state index contributed by atoms with van der Waals surface area (Å²) in [7, 11) is 0. The van der Waals surface area contributed by atoms with Gasteiger partial charge in [0.2, 0.25) is 0 Å². The lowest BCUT2D eigenvalue weighted by Gasteiger charge is -2.35. The van der Waals surface area contributed by atoms with Crippen LogP contribution in [0.2, 0.25) is 0 Å². The summed E-state index contributed by atoms with van der Waals surface area (Å²) in [6.07, 6.45) is 0. The zero-order valence-corrected chi connectivity index (χ0v) is 41.2. The molecule has 346 valence electrons. The average molecular weight is 959 g/mol. The first-order chi connectivity index (χ1) is 36.7. The highest BCUT2D eigenvalue weighted by atomic mass is 32.1. The molecule has 0 amide bonds. The molecule has 0 fully saturated rings. The van der Waals surface area contributed by atoms with Crippen molar-refractivity contribution in [1.82, 2.24) is 4.57 Å². The highest BCUT2D eigenvalue weighted by Gasteiger charge is 2.46. The van der Waals surface area contributed by atoms with Gasteiger partial charge < -0.3 is 9.47 Å². The standard InChI is InChI=1S/C71H46N2S/c1-6-20-47(21-7-1)49-34-37-54(38-35-49)72(56-39-42-58-57-30-18-19-33-63(57)71(64(58)46-56,51-24-10-3-11-25-51)52-26-12-4-13-27-52)55-40-43-66-62(45-55)68-67-61-41-36-50(48-22-8-2-9-23-48)44-65(61)73(53-28-14-5-15-29-53)69(67)59-31-16-17-32-60(59)70(68)74-66/h1-46H. The molecule has 12 aromatic carbocycles. The summed E-state index contributed by atoms with van der Waals surface area (Å²) in [6, 6.07) is 103. The number of anilines is 3. The molecule has 2 aromatic heterocycles. The van der Waals surface area contributed by atoms with Gasteiger partial charge in [0, 0.05) is 64.5 Å². The maximum atomic E-state index is 2.51. The molecule has 0 bridgehead atoms. The summed E-state index contributed by atoms with van der Waals surface area (Å²) in [4.78, 5) is 2.49. The number of fused-ring (bicyclic) bond motifs is 13. The second-order valence-electron chi connectivity index (χ2n) is 19.5. The first-order valence-corrected chi connectivity index (χ1v) is 26.3. The van der Waals surface area contributed by atoms with Crippen LogP contribution in [0.3, 0.4) is 0 Å². The van der Waals surface area contributed by atoms with Crippen molar-refractivity contribution in [2.45, 2.75) is 5.41 Å². The molecule has 0 radical (unpaired) electrons. The van der Waals surface area contributed by atoms with Gasteiger partial charge in [-0.2, -0.15) is 0 Å². The van der Waals surface area contributed by atoms with Crippen LogP contribution in [0.1, 0.15) is 22.3 Å². The average Bonchev–Trinajstić information content (AvgIpc) is 4.17. The second kappa shape index (κ2) is 16.9. The maximum absolute atomic E-state index is 2.51. The van der Waals surface area contributed by atoms with Crippen LogP contribution in [0, 0.1) is 0 Å². The van der Waals surface area contributed by atoms with Crippen LogP contribution in [-0.2, 0) is 5.41 Å². The first-order valence-electron chi connectivity index (χ1n) is 25.5. The monoisotopic (exact) mass is 958 g/mol. The molecule has 15 rings (SSSR count). The van der Waals surface area contributed by atoms with Crippen LogP contribution in [-0.4, -0.2) is 4.57 Å². The van der Waals surface area contributed by atoms with Gasteiger partial charge in [0.25, 0.3) is 0 Å². The molecule has 2 heterocycles. The smallest absolute Gasteiger partial charge is 0.0714 e. The molecule has 0 saturated heterocycles. The molecule has 14 aromatic rings. The minimum absolute atomic E-state index is 0.541. The van der Waals surface area contributed by atoms with Gasteiger partial charge in [-0.3, -0.25) is 0 Å². The van der Waals surface area contributed by atoms with E-state index < -0.39 is 5.41 Å². The quantitative estimate of drug-likeness (QED) is 0.147. The van der Waals surface area contributed by atoms with Crippen molar-refractivity contribution in [3.05, 3.63) is 301 Å². The number of hydrogen-bond donors (Lipinski definition) is 0. The van der Waals surface area contributed by atoms with E-state index in [2.05, 4.69) is 289 Å². The summed E-state index contributed by atoms with van der Waals surface area (Å²) in [5, 5.41) is 7.59. The first kappa shape index (κ1) is 42.4. The Hall–Kier alpha value is -9.28. The van der Waals surface area contributed by atoms with Crippen molar-refractivity contribution in [2.75, 3.05) is 4.90 Å². The van der Waals surface area contributed by atoms with Crippen molar-refractivity contribution in [1.29, 1.82) is 0 Å². The molecule has 0 saturated carbocycles. The SMILES string of the molecule is c1ccc(-c2ccc(N(c3ccc4c(c3)C(c3ccccc3)(c3ccccc3)c3ccccc3-4)c3ccc4sc5c6ccccc6c6c(c7ccc(-c8ccccc8)cc7n6-c6ccccc6)c5c4c3)cc2)cc1. The Morgan fingerprint density at radius 3 is 1.57 bits per heavy atom. The molecule has 0 atom stereocenters. The third kappa shape index (κ3) is 6.37. The van der Waals surface area contributed by atoms with E-state index in [-0.39, 0.29) is 0 Å². The fourth-order valence-electron chi connectivity index (χ4n) is 12.5. The number of thiophene rings is 1. The van der Waals surface area contributed by atoms with E-state index in [4.69, 9.17) is 0 Å². The van der Waals surface area contributed by atoms with Crippen LogP contribution < -0.4 is 4.90 Å². The number of nitrogens with zero attached hydrogens (tertiary/aromatic N) is 2. The van der Waals surface area contributed by atoms with E-state index in [0.717, 1.165) is 22.7 Å². The predicted molar refractivity (Wildman–Crippen MR) is 314 cm³/mol. The molecule has 0 N–H and O–H groups in total. The summed E-state index contributed by atoms with van der Waals surface area (Å²) in [6.45, 7) is 0. The van der Waals surface area contributed by atoms with Gasteiger partial charge in [-0.15, -0.1) is 11.3 Å². The number of benzene rings is 12. The zero-order valence-electron chi connectivity index (χ0n) is 40.4. The summed E-state index contributed by atoms with van der Waals surface area (Å²) in [5.41, 5.74) is 18.7. The van der Waals surface area contributed by atoms with Gasteiger partial charge in [0.15, 0.2) is 0 Å². The zero-order chi connectivity index (χ0) is 48.7. The summed E-state index contributed by atoms with van der Waals surface area (Å²) >= 11 is 1.91. The Morgan fingerprint density at radius 1 is 0.338 bits per heavy atom. The van der Waals surface area contributed by atoms with Crippen molar-refractivity contribution in [2.24, 2.45) is 0 Å². The molecule has 0 spiro atoms. The Morgan fingerprint density at radius 2 is 0.865 bits per heavy atom. The number of aromatic nitrogens is 1. The van der Waals surface area contributed by atoms with Gasteiger partial charge in [-0.1, -0.05) is 218 Å². The summed E-state index contributed by atoms with van der Waals surface area (Å²) in [5.74, 6) is 0. The molecule has 74 heavy (non-hydrogen) atoms. The molecule has 0 unspecified atom stereocenters. The Bertz CT molecular complexity index is 4410. The largest absolute Gasteiger partial charge is 0.310 e. The van der Waals surface area contributed by atoms with Crippen LogP contribution in [0.15, 0.2) is 279 Å². The molecule has 2 nitrogen and oxygen atoms in total. The summed E-state index contributed by atoms with van der Waals surface area (Å²) < 4.78 is 5.09. The number of rotatable bonds is 8. The molecule has 0 aliphatic heterocycles. The van der Waals surface area contributed by atoms with E-state index in [1.807, 2.05) is 11.3 Å². The molecular formula is C71H46N2S. The van der Waals surface area contributed by atoms with Crippen molar-refractivity contribution in [3.63, 3.8) is 0 Å². The topological polar surface area (TPSA) is 8.17 Å². The minimum Gasteiger partial charge on any atom is -0.310 e. The molecule has 3 heteroatoms. The lowest BCUT2D eigenvalue weighted by molar-refractivity contribution is 0.768. The van der Waals surface area contributed by atoms with Crippen LogP contribution in [0.5, 0.6) is 0 Å². The highest BCUT2D eigenvalue weighted by Crippen LogP contribution is 2.58. The molecule has 1 aliphatic rings. The van der Waals surface area contributed by atoms with E-state index >= 15 is 0 Å². The minimum atomic E-state index is -0.541. The van der Waals surface area contributed by atoms with E-state index in [9.17, 15) is 0 Å². The lowest BCUT2D eigenvalue weighted by atomic mass is 9.67. The Labute approximate surface area is 433 Å². The van der Waals surface area contributed by atoms with Crippen LogP contribution >= 0.6 is 11.3 Å². The third-order valence-electron chi connectivity index (χ3n) is 15.6. The fourth-order valence-corrected chi connectivity index (χ4v) is 13.7. The predicted octanol–water partition coefficient (Wildman–Crippen LogP) is 19.5. The van der Waals surface area contributed by atoms with Crippen molar-refractivity contribution in [3.8, 4) is 39.1 Å². The second-order valence-corrected chi connectivity index (χ2v) is 20.6. The van der Waals surface area contributed by atoms with Crippen LogP contribution in [0.4, 0.5) is 17.1 Å². The van der Waals surface area contributed by atoms with Gasteiger partial charge in [-0.05, 0) is 116 Å². The van der Waals surface area contributed by atoms with E-state index in [1.165, 1.54) is 108 Å². The maximum Gasteiger partial charge on any atom is 0.0714 e. The normalized spacial score (nSPS) is 12.7. The van der Waals surface area contributed by atoms with E-state index in [1.54, 1.807) is 0 Å². The van der Waals surface area contributed by atoms with Gasteiger partial charge in [0.05, 0.1) is 16.4 Å². The van der Waals surface area contributed by atoms with Crippen LogP contribution in [0.25, 0.3) is 91.8 Å². The van der Waals surface area contributed by atoms with Gasteiger partial charge >= 0.3 is 0 Å². The number of para-hydroxylation sites is 1.